The van der Waals surface area contributed by atoms with Gasteiger partial charge in [-0.05, 0) is 39.9 Å². The SMILES string of the molecule is CCCCCCCCCCCCCCCCCC(CC(=O)O)c1cc(C(C)(C)C)c(O)c(C(C)(C)C)c1. The first-order valence-corrected chi connectivity index (χ1v) is 15.5. The lowest BCUT2D eigenvalue weighted by atomic mass is 9.76. The molecule has 1 rings (SSSR count). The first-order chi connectivity index (χ1) is 17.4. The molecule has 0 spiro atoms. The molecule has 0 bridgehead atoms. The lowest BCUT2D eigenvalue weighted by Crippen LogP contribution is -2.19. The van der Waals surface area contributed by atoms with Crippen molar-refractivity contribution in [3.63, 3.8) is 0 Å². The number of phenolic OH excluding ortho intramolecular Hbond substituents is 1. The highest BCUT2D eigenvalue weighted by molar-refractivity contribution is 5.68. The molecule has 1 aromatic carbocycles. The second-order valence-corrected chi connectivity index (χ2v) is 13.5. The monoisotopic (exact) mass is 516 g/mol. The molecule has 0 saturated carbocycles. The molecule has 1 atom stereocenters. The molecule has 3 nitrogen and oxygen atoms in total. The number of hydrogen-bond donors (Lipinski definition) is 2. The van der Waals surface area contributed by atoms with Crippen LogP contribution < -0.4 is 0 Å². The summed E-state index contributed by atoms with van der Waals surface area (Å²) in [5, 5.41) is 20.7. The summed E-state index contributed by atoms with van der Waals surface area (Å²) < 4.78 is 0. The van der Waals surface area contributed by atoms with Gasteiger partial charge in [0.2, 0.25) is 0 Å². The van der Waals surface area contributed by atoms with Crippen molar-refractivity contribution in [2.45, 2.75) is 174 Å². The van der Waals surface area contributed by atoms with Crippen LogP contribution in [0.1, 0.15) is 180 Å². The highest BCUT2D eigenvalue weighted by Crippen LogP contribution is 2.42. The van der Waals surface area contributed by atoms with Gasteiger partial charge in [0.25, 0.3) is 0 Å². The number of rotatable bonds is 19. The molecule has 0 aliphatic carbocycles. The predicted octanol–water partition coefficient (Wildman–Crippen LogP) is 10.8. The van der Waals surface area contributed by atoms with Gasteiger partial charge >= 0.3 is 5.97 Å². The second kappa shape index (κ2) is 17.2. The number of carboxylic acids is 1. The van der Waals surface area contributed by atoms with Crippen molar-refractivity contribution in [3.8, 4) is 5.75 Å². The van der Waals surface area contributed by atoms with Crippen molar-refractivity contribution in [1.82, 2.24) is 0 Å². The van der Waals surface area contributed by atoms with Crippen LogP contribution in [0.15, 0.2) is 12.1 Å². The highest BCUT2D eigenvalue weighted by atomic mass is 16.4. The van der Waals surface area contributed by atoms with Gasteiger partial charge < -0.3 is 10.2 Å². The van der Waals surface area contributed by atoms with Crippen LogP contribution in [0.4, 0.5) is 0 Å². The molecule has 3 heteroatoms. The minimum atomic E-state index is -0.742. The van der Waals surface area contributed by atoms with Crippen LogP contribution in [0.25, 0.3) is 0 Å². The van der Waals surface area contributed by atoms with E-state index in [1.54, 1.807) is 0 Å². The minimum absolute atomic E-state index is 0.0118. The molecule has 2 N–H and O–H groups in total. The van der Waals surface area contributed by atoms with E-state index in [1.807, 2.05) is 0 Å². The maximum absolute atomic E-state index is 11.7. The van der Waals surface area contributed by atoms with Crippen LogP contribution in [-0.4, -0.2) is 16.2 Å². The number of carbonyl (C=O) groups is 1. The fourth-order valence-corrected chi connectivity index (χ4v) is 5.40. The van der Waals surface area contributed by atoms with Crippen molar-refractivity contribution < 1.29 is 15.0 Å². The van der Waals surface area contributed by atoms with E-state index in [4.69, 9.17) is 0 Å². The third kappa shape index (κ3) is 13.7. The van der Waals surface area contributed by atoms with Crippen LogP contribution in [0, 0.1) is 0 Å². The lowest BCUT2D eigenvalue weighted by molar-refractivity contribution is -0.137. The zero-order valence-corrected chi connectivity index (χ0v) is 25.6. The van der Waals surface area contributed by atoms with E-state index < -0.39 is 5.97 Å². The van der Waals surface area contributed by atoms with Gasteiger partial charge in [0.1, 0.15) is 5.75 Å². The Balaban J connectivity index is 2.50. The molecule has 37 heavy (non-hydrogen) atoms. The second-order valence-electron chi connectivity index (χ2n) is 13.5. The van der Waals surface area contributed by atoms with Gasteiger partial charge in [-0.1, -0.05) is 157 Å². The van der Waals surface area contributed by atoms with Gasteiger partial charge in [0.05, 0.1) is 6.42 Å². The molecule has 0 aliphatic heterocycles. The molecule has 0 amide bonds. The number of aromatic hydroxyl groups is 1. The van der Waals surface area contributed by atoms with E-state index in [2.05, 4.69) is 60.6 Å². The van der Waals surface area contributed by atoms with Crippen LogP contribution in [0.2, 0.25) is 0 Å². The Morgan fingerprint density at radius 3 is 1.35 bits per heavy atom. The van der Waals surface area contributed by atoms with Crippen molar-refractivity contribution in [1.29, 1.82) is 0 Å². The largest absolute Gasteiger partial charge is 0.507 e. The van der Waals surface area contributed by atoms with Crippen molar-refractivity contribution in [2.24, 2.45) is 0 Å². The summed E-state index contributed by atoms with van der Waals surface area (Å²) in [6.07, 6.45) is 21.1. The van der Waals surface area contributed by atoms with Crippen molar-refractivity contribution >= 4 is 5.97 Å². The Bertz CT molecular complexity index is 731. The summed E-state index contributed by atoms with van der Waals surface area (Å²) in [5.41, 5.74) is 2.49. The molecule has 0 fully saturated rings. The highest BCUT2D eigenvalue weighted by Gasteiger charge is 2.28. The normalized spacial score (nSPS) is 13.2. The molecule has 1 aromatic rings. The summed E-state index contributed by atoms with van der Waals surface area (Å²) in [5.74, 6) is -0.388. The molecular weight excluding hydrogens is 456 g/mol. The van der Waals surface area contributed by atoms with E-state index >= 15 is 0 Å². The average Bonchev–Trinajstić information content (AvgIpc) is 2.79. The smallest absolute Gasteiger partial charge is 0.303 e. The Labute approximate surface area is 229 Å². The van der Waals surface area contributed by atoms with Gasteiger partial charge in [-0.3, -0.25) is 4.79 Å². The van der Waals surface area contributed by atoms with Gasteiger partial charge in [0, 0.05) is 0 Å². The number of carboxylic acid groups (broad SMARTS) is 1. The van der Waals surface area contributed by atoms with E-state index in [0.29, 0.717) is 5.75 Å². The summed E-state index contributed by atoms with van der Waals surface area (Å²) >= 11 is 0. The van der Waals surface area contributed by atoms with Gasteiger partial charge in [-0.25, -0.2) is 0 Å². The quantitative estimate of drug-likeness (QED) is 0.180. The topological polar surface area (TPSA) is 57.5 Å². The van der Waals surface area contributed by atoms with Crippen LogP contribution >= 0.6 is 0 Å². The van der Waals surface area contributed by atoms with Gasteiger partial charge in [-0.15, -0.1) is 0 Å². The summed E-state index contributed by atoms with van der Waals surface area (Å²) in [4.78, 5) is 11.7. The first-order valence-electron chi connectivity index (χ1n) is 15.5. The first kappa shape index (κ1) is 33.5. The molecule has 1 unspecified atom stereocenters. The third-order valence-electron chi connectivity index (χ3n) is 7.80. The average molecular weight is 517 g/mol. The zero-order valence-electron chi connectivity index (χ0n) is 25.6. The maximum atomic E-state index is 11.7. The summed E-state index contributed by atoms with van der Waals surface area (Å²) in [6.45, 7) is 14.9. The number of unbranched alkanes of at least 4 members (excludes halogenated alkanes) is 14. The maximum Gasteiger partial charge on any atom is 0.303 e. The minimum Gasteiger partial charge on any atom is -0.507 e. The Morgan fingerprint density at radius 1 is 0.676 bits per heavy atom. The summed E-state index contributed by atoms with van der Waals surface area (Å²) in [7, 11) is 0. The van der Waals surface area contributed by atoms with E-state index in [0.717, 1.165) is 29.5 Å². The standard InChI is InChI=1S/C34H60O3/c1-8-9-10-11-12-13-14-15-16-17-18-19-20-21-22-23-27(26-31(35)36)28-24-29(33(2,3)4)32(37)30(25-28)34(5,6)7/h24-25,27,37H,8-23,26H2,1-7H3,(H,35,36). The molecule has 0 saturated heterocycles. The van der Waals surface area contributed by atoms with Crippen molar-refractivity contribution in [3.05, 3.63) is 28.8 Å². The lowest BCUT2D eigenvalue weighted by Gasteiger charge is -2.30. The van der Waals surface area contributed by atoms with E-state index in [9.17, 15) is 15.0 Å². The van der Waals surface area contributed by atoms with Gasteiger partial charge in [0.15, 0.2) is 0 Å². The fourth-order valence-electron chi connectivity index (χ4n) is 5.40. The molecule has 0 aliphatic rings. The van der Waals surface area contributed by atoms with E-state index in [-0.39, 0.29) is 23.2 Å². The molecule has 0 aromatic heterocycles. The van der Waals surface area contributed by atoms with Crippen LogP contribution in [0.5, 0.6) is 5.75 Å². The molecule has 0 heterocycles. The summed E-state index contributed by atoms with van der Waals surface area (Å²) in [6, 6.07) is 4.15. The number of phenols is 1. The Kier molecular flexibility index (Phi) is 15.5. The van der Waals surface area contributed by atoms with Crippen molar-refractivity contribution in [2.75, 3.05) is 0 Å². The van der Waals surface area contributed by atoms with Crippen LogP contribution in [-0.2, 0) is 15.6 Å². The Hall–Kier alpha value is -1.51. The number of benzene rings is 1. The predicted molar refractivity (Wildman–Crippen MR) is 160 cm³/mol. The van der Waals surface area contributed by atoms with Gasteiger partial charge in [-0.2, -0.15) is 0 Å². The number of hydrogen-bond acceptors (Lipinski definition) is 2. The number of aliphatic carboxylic acids is 1. The zero-order chi connectivity index (χ0) is 27.9. The third-order valence-corrected chi connectivity index (χ3v) is 7.80. The molecule has 0 radical (unpaired) electrons. The Morgan fingerprint density at radius 2 is 1.03 bits per heavy atom. The molecular formula is C34H60O3. The van der Waals surface area contributed by atoms with Crippen LogP contribution in [0.3, 0.4) is 0 Å². The van der Waals surface area contributed by atoms with E-state index in [1.165, 1.54) is 89.9 Å². The fraction of sp³-hybridized carbons (Fsp3) is 0.794. The molecule has 214 valence electrons.